The third kappa shape index (κ3) is 1.95. The van der Waals surface area contributed by atoms with Crippen LogP contribution in [0.3, 0.4) is 0 Å². The van der Waals surface area contributed by atoms with Crippen LogP contribution in [-0.2, 0) is 6.42 Å². The number of aromatic hydroxyl groups is 1. The molecule has 3 N–H and O–H groups in total. The van der Waals surface area contributed by atoms with E-state index in [1.807, 2.05) is 13.0 Å². The summed E-state index contributed by atoms with van der Waals surface area (Å²) in [4.78, 5) is 0. The Bertz CT molecular complexity index is 245. The molecular weight excluding hydrogens is 138 g/mol. The average molecular weight is 151 g/mol. The van der Waals surface area contributed by atoms with Gasteiger partial charge in [0.05, 0.1) is 0 Å². The predicted molar refractivity (Wildman–Crippen MR) is 45.6 cm³/mol. The molecule has 0 aliphatic rings. The van der Waals surface area contributed by atoms with E-state index in [0.29, 0.717) is 12.3 Å². The Balaban J connectivity index is 2.90. The van der Waals surface area contributed by atoms with Crippen LogP contribution in [0.1, 0.15) is 11.1 Å². The first kappa shape index (κ1) is 8.08. The summed E-state index contributed by atoms with van der Waals surface area (Å²) in [6.45, 7) is 2.64. The number of nitrogens with two attached hydrogens (primary N) is 1. The summed E-state index contributed by atoms with van der Waals surface area (Å²) < 4.78 is 0. The van der Waals surface area contributed by atoms with E-state index in [9.17, 15) is 0 Å². The number of aryl methyl sites for hydroxylation is 1. The first-order valence-corrected chi connectivity index (χ1v) is 3.72. The minimum absolute atomic E-state index is 0.322. The van der Waals surface area contributed by atoms with Gasteiger partial charge in [-0.2, -0.15) is 0 Å². The monoisotopic (exact) mass is 151 g/mol. The highest BCUT2D eigenvalue weighted by molar-refractivity contribution is 5.33. The minimum Gasteiger partial charge on any atom is -0.508 e. The van der Waals surface area contributed by atoms with Crippen LogP contribution >= 0.6 is 0 Å². The standard InChI is InChI=1S/C9H13NO/c1-7-6-9(11)3-2-8(7)4-5-10/h2-3,6,11H,4-5,10H2,1H3. The number of hydrogen-bond acceptors (Lipinski definition) is 2. The first-order valence-electron chi connectivity index (χ1n) is 3.72. The molecule has 0 saturated carbocycles. The summed E-state index contributed by atoms with van der Waals surface area (Å²) in [5.74, 6) is 0.322. The maximum atomic E-state index is 9.07. The van der Waals surface area contributed by atoms with E-state index < -0.39 is 0 Å². The number of hydrogen-bond donors (Lipinski definition) is 2. The fourth-order valence-corrected chi connectivity index (χ4v) is 1.12. The molecule has 11 heavy (non-hydrogen) atoms. The molecule has 2 heteroatoms. The second-order valence-corrected chi connectivity index (χ2v) is 2.65. The molecule has 0 fully saturated rings. The fraction of sp³-hybridized carbons (Fsp3) is 0.333. The van der Waals surface area contributed by atoms with Gasteiger partial charge in [0, 0.05) is 0 Å². The summed E-state index contributed by atoms with van der Waals surface area (Å²) in [7, 11) is 0. The lowest BCUT2D eigenvalue weighted by Gasteiger charge is -2.03. The summed E-state index contributed by atoms with van der Waals surface area (Å²) in [6.07, 6.45) is 0.881. The van der Waals surface area contributed by atoms with Gasteiger partial charge in [0.25, 0.3) is 0 Å². The third-order valence-electron chi connectivity index (χ3n) is 1.74. The molecule has 1 rings (SSSR count). The number of phenolic OH excluding ortho intramolecular Hbond substituents is 1. The van der Waals surface area contributed by atoms with Crippen LogP contribution in [-0.4, -0.2) is 11.7 Å². The highest BCUT2D eigenvalue weighted by Gasteiger charge is 1.96. The maximum absolute atomic E-state index is 9.07. The molecule has 0 aromatic heterocycles. The van der Waals surface area contributed by atoms with Crippen LogP contribution in [0.4, 0.5) is 0 Å². The van der Waals surface area contributed by atoms with E-state index in [-0.39, 0.29) is 0 Å². The van der Waals surface area contributed by atoms with Gasteiger partial charge in [-0.25, -0.2) is 0 Å². The Hall–Kier alpha value is -1.02. The van der Waals surface area contributed by atoms with Crippen molar-refractivity contribution < 1.29 is 5.11 Å². The van der Waals surface area contributed by atoms with Gasteiger partial charge in [-0.15, -0.1) is 0 Å². The molecule has 0 spiro atoms. The Labute approximate surface area is 66.7 Å². The Kier molecular flexibility index (Phi) is 2.49. The summed E-state index contributed by atoms with van der Waals surface area (Å²) in [6, 6.07) is 5.36. The highest BCUT2D eigenvalue weighted by Crippen LogP contribution is 2.15. The minimum atomic E-state index is 0.322. The lowest BCUT2D eigenvalue weighted by molar-refractivity contribution is 0.474. The predicted octanol–water partition coefficient (Wildman–Crippen LogP) is 1.20. The molecule has 1 aromatic rings. The first-order chi connectivity index (χ1) is 5.24. The SMILES string of the molecule is Cc1cc(O)ccc1CCN. The van der Waals surface area contributed by atoms with Crippen molar-refractivity contribution in [3.8, 4) is 5.75 Å². The molecule has 0 saturated heterocycles. The van der Waals surface area contributed by atoms with Crippen LogP contribution in [0.5, 0.6) is 5.75 Å². The van der Waals surface area contributed by atoms with Crippen molar-refractivity contribution in [2.45, 2.75) is 13.3 Å². The third-order valence-corrected chi connectivity index (χ3v) is 1.74. The van der Waals surface area contributed by atoms with Crippen molar-refractivity contribution in [3.63, 3.8) is 0 Å². The molecule has 60 valence electrons. The largest absolute Gasteiger partial charge is 0.508 e. The Morgan fingerprint density at radius 3 is 2.73 bits per heavy atom. The van der Waals surface area contributed by atoms with Gasteiger partial charge < -0.3 is 10.8 Å². The Morgan fingerprint density at radius 2 is 2.18 bits per heavy atom. The van der Waals surface area contributed by atoms with Crippen LogP contribution in [0.2, 0.25) is 0 Å². The average Bonchev–Trinajstić information content (AvgIpc) is 1.95. The molecule has 0 unspecified atom stereocenters. The Morgan fingerprint density at radius 1 is 1.45 bits per heavy atom. The summed E-state index contributed by atoms with van der Waals surface area (Å²) in [5.41, 5.74) is 7.73. The van der Waals surface area contributed by atoms with Gasteiger partial charge in [-0.3, -0.25) is 0 Å². The van der Waals surface area contributed by atoms with Crippen LogP contribution in [0.25, 0.3) is 0 Å². The summed E-state index contributed by atoms with van der Waals surface area (Å²) >= 11 is 0. The van der Waals surface area contributed by atoms with E-state index in [2.05, 4.69) is 0 Å². The zero-order chi connectivity index (χ0) is 8.27. The molecule has 0 bridgehead atoms. The smallest absolute Gasteiger partial charge is 0.115 e. The molecular formula is C9H13NO. The second kappa shape index (κ2) is 3.39. The van der Waals surface area contributed by atoms with E-state index in [4.69, 9.17) is 10.8 Å². The zero-order valence-electron chi connectivity index (χ0n) is 6.67. The molecule has 0 aliphatic heterocycles. The van der Waals surface area contributed by atoms with Crippen molar-refractivity contribution in [3.05, 3.63) is 29.3 Å². The van der Waals surface area contributed by atoms with Crippen molar-refractivity contribution in [1.29, 1.82) is 0 Å². The molecule has 0 atom stereocenters. The van der Waals surface area contributed by atoms with Crippen molar-refractivity contribution in [2.24, 2.45) is 5.73 Å². The highest BCUT2D eigenvalue weighted by atomic mass is 16.3. The number of rotatable bonds is 2. The molecule has 0 aliphatic carbocycles. The molecule has 0 heterocycles. The number of phenols is 1. The zero-order valence-corrected chi connectivity index (χ0v) is 6.67. The van der Waals surface area contributed by atoms with Gasteiger partial charge in [-0.05, 0) is 43.1 Å². The van der Waals surface area contributed by atoms with E-state index in [1.165, 1.54) is 5.56 Å². The van der Waals surface area contributed by atoms with Gasteiger partial charge in [0.1, 0.15) is 5.75 Å². The topological polar surface area (TPSA) is 46.2 Å². The van der Waals surface area contributed by atoms with Gasteiger partial charge in [-0.1, -0.05) is 6.07 Å². The lowest BCUT2D eigenvalue weighted by atomic mass is 10.1. The fourth-order valence-electron chi connectivity index (χ4n) is 1.12. The van der Waals surface area contributed by atoms with E-state index in [1.54, 1.807) is 12.1 Å². The van der Waals surface area contributed by atoms with Crippen LogP contribution in [0, 0.1) is 6.92 Å². The summed E-state index contributed by atoms with van der Waals surface area (Å²) in [5, 5.41) is 9.07. The van der Waals surface area contributed by atoms with Crippen molar-refractivity contribution in [1.82, 2.24) is 0 Å². The maximum Gasteiger partial charge on any atom is 0.115 e. The van der Waals surface area contributed by atoms with Gasteiger partial charge >= 0.3 is 0 Å². The second-order valence-electron chi connectivity index (χ2n) is 2.65. The lowest BCUT2D eigenvalue weighted by Crippen LogP contribution is -2.03. The molecule has 1 aromatic carbocycles. The molecule has 0 radical (unpaired) electrons. The quantitative estimate of drug-likeness (QED) is 0.667. The van der Waals surface area contributed by atoms with Crippen molar-refractivity contribution in [2.75, 3.05) is 6.54 Å². The number of benzene rings is 1. The van der Waals surface area contributed by atoms with Crippen LogP contribution in [0.15, 0.2) is 18.2 Å². The molecule has 0 amide bonds. The van der Waals surface area contributed by atoms with Crippen LogP contribution < -0.4 is 5.73 Å². The van der Waals surface area contributed by atoms with Gasteiger partial charge in [0.2, 0.25) is 0 Å². The normalized spacial score (nSPS) is 10.0. The van der Waals surface area contributed by atoms with Crippen molar-refractivity contribution >= 4 is 0 Å². The molecule has 2 nitrogen and oxygen atoms in total. The van der Waals surface area contributed by atoms with E-state index in [0.717, 1.165) is 12.0 Å². The van der Waals surface area contributed by atoms with Gasteiger partial charge in [0.15, 0.2) is 0 Å². The van der Waals surface area contributed by atoms with E-state index >= 15 is 0 Å².